The molecule has 5 N–H and O–H groups in total. The van der Waals surface area contributed by atoms with Crippen LogP contribution in [-0.2, 0) is 16.0 Å². The molecule has 0 aliphatic rings. The lowest BCUT2D eigenvalue weighted by molar-refractivity contribution is -0.140. The number of H-pyrrole nitrogens is 1. The summed E-state index contributed by atoms with van der Waals surface area (Å²) in [4.78, 5) is 24.0. The van der Waals surface area contributed by atoms with Crippen molar-refractivity contribution in [3.05, 3.63) is 59.1 Å². The van der Waals surface area contributed by atoms with Gasteiger partial charge in [-0.05, 0) is 34.4 Å². The number of carboxylic acids is 1. The van der Waals surface area contributed by atoms with Gasteiger partial charge in [0.15, 0.2) is 0 Å². The van der Waals surface area contributed by atoms with E-state index in [1.165, 1.54) is 0 Å². The van der Waals surface area contributed by atoms with Crippen molar-refractivity contribution >= 4 is 29.4 Å². The van der Waals surface area contributed by atoms with Crippen molar-refractivity contribution in [1.29, 1.82) is 0 Å². The van der Waals surface area contributed by atoms with Crippen LogP contribution in [0.25, 0.3) is 11.1 Å². The zero-order valence-electron chi connectivity index (χ0n) is 15.6. The van der Waals surface area contributed by atoms with E-state index in [1.54, 1.807) is 12.1 Å². The molecule has 0 saturated heterocycles. The second-order valence-corrected chi connectivity index (χ2v) is 6.80. The summed E-state index contributed by atoms with van der Waals surface area (Å²) in [6.07, 6.45) is 0.0708. The van der Waals surface area contributed by atoms with Crippen LogP contribution >= 0.6 is 11.6 Å². The summed E-state index contributed by atoms with van der Waals surface area (Å²) < 4.78 is 0. The summed E-state index contributed by atoms with van der Waals surface area (Å²) in [7, 11) is 0. The first-order valence-electron chi connectivity index (χ1n) is 8.95. The second kappa shape index (κ2) is 9.92. The van der Waals surface area contributed by atoms with Crippen LogP contribution in [0.2, 0.25) is 5.02 Å². The van der Waals surface area contributed by atoms with Crippen LogP contribution in [0.4, 0.5) is 5.95 Å². The molecule has 0 fully saturated rings. The summed E-state index contributed by atoms with van der Waals surface area (Å²) in [5, 5.41) is 36.9. The molecule has 1 amide bonds. The van der Waals surface area contributed by atoms with Gasteiger partial charge in [-0.3, -0.25) is 20.2 Å². The van der Waals surface area contributed by atoms with E-state index in [0.717, 1.165) is 11.1 Å². The van der Waals surface area contributed by atoms with Gasteiger partial charge in [0, 0.05) is 5.02 Å². The Morgan fingerprint density at radius 1 is 1.10 bits per heavy atom. The number of aliphatic carboxylic acids is 1. The molecule has 11 heteroatoms. The molecule has 0 unspecified atom stereocenters. The lowest BCUT2D eigenvalue weighted by atomic mass is 9.99. The third kappa shape index (κ3) is 5.38. The molecule has 0 aliphatic heterocycles. The van der Waals surface area contributed by atoms with Crippen molar-refractivity contribution in [2.75, 3.05) is 11.9 Å². The number of aliphatic hydroxyl groups excluding tert-OH is 1. The van der Waals surface area contributed by atoms with Gasteiger partial charge in [-0.25, -0.2) is 0 Å². The largest absolute Gasteiger partial charge is 0.480 e. The van der Waals surface area contributed by atoms with E-state index in [4.69, 9.17) is 11.6 Å². The van der Waals surface area contributed by atoms with Crippen molar-refractivity contribution in [3.63, 3.8) is 0 Å². The Morgan fingerprint density at radius 2 is 1.87 bits per heavy atom. The van der Waals surface area contributed by atoms with Gasteiger partial charge in [0.25, 0.3) is 5.95 Å². The Labute approximate surface area is 176 Å². The number of rotatable bonds is 9. The van der Waals surface area contributed by atoms with Crippen LogP contribution in [0.15, 0.2) is 48.5 Å². The van der Waals surface area contributed by atoms with Crippen LogP contribution in [0.1, 0.15) is 5.56 Å². The van der Waals surface area contributed by atoms with Crippen LogP contribution in [0.5, 0.6) is 0 Å². The van der Waals surface area contributed by atoms with E-state index in [0.29, 0.717) is 10.6 Å². The van der Waals surface area contributed by atoms with Crippen LogP contribution in [-0.4, -0.2) is 61.4 Å². The molecule has 0 saturated carbocycles. The third-order valence-electron chi connectivity index (χ3n) is 4.36. The molecule has 156 valence electrons. The van der Waals surface area contributed by atoms with Crippen LogP contribution < -0.4 is 10.6 Å². The Bertz CT molecular complexity index is 1000. The number of hydrogen-bond donors (Lipinski definition) is 5. The Kier molecular flexibility index (Phi) is 7.07. The number of aromatic nitrogens is 4. The first-order valence-corrected chi connectivity index (χ1v) is 9.33. The standard InChI is InChI=1S/C19H19ClN6O4/c20-14-8-12(11-4-2-1-3-5-11)6-7-13(14)9-15(21-16(10-27)18(29)30)17(28)22-19-23-25-26-24-19/h1-8,15-16,21,27H,9-10H2,(H,29,30)(H2,22,23,24,25,26,28)/t15-,16-/m0/s1. The van der Waals surface area contributed by atoms with E-state index >= 15 is 0 Å². The number of tetrazole rings is 1. The molecule has 0 radical (unpaired) electrons. The van der Waals surface area contributed by atoms with Gasteiger partial charge in [-0.15, -0.1) is 5.10 Å². The molecule has 0 bridgehead atoms. The highest BCUT2D eigenvalue weighted by Gasteiger charge is 2.27. The average Bonchev–Trinajstić information content (AvgIpc) is 3.25. The second-order valence-electron chi connectivity index (χ2n) is 6.39. The normalized spacial score (nSPS) is 12.9. The number of benzene rings is 2. The predicted molar refractivity (Wildman–Crippen MR) is 109 cm³/mol. The zero-order valence-corrected chi connectivity index (χ0v) is 16.4. The average molecular weight is 431 g/mol. The van der Waals surface area contributed by atoms with E-state index in [-0.39, 0.29) is 12.4 Å². The number of carbonyl (C=O) groups is 2. The van der Waals surface area contributed by atoms with Gasteiger partial charge in [0.2, 0.25) is 5.91 Å². The van der Waals surface area contributed by atoms with E-state index in [1.807, 2.05) is 36.4 Å². The fourth-order valence-corrected chi connectivity index (χ4v) is 3.08. The van der Waals surface area contributed by atoms with E-state index in [9.17, 15) is 19.8 Å². The van der Waals surface area contributed by atoms with E-state index < -0.39 is 30.6 Å². The number of carbonyl (C=O) groups excluding carboxylic acids is 1. The number of halogens is 1. The monoisotopic (exact) mass is 430 g/mol. The quantitative estimate of drug-likeness (QED) is 0.338. The van der Waals surface area contributed by atoms with Gasteiger partial charge < -0.3 is 10.2 Å². The number of amides is 1. The molecule has 30 heavy (non-hydrogen) atoms. The number of nitrogens with one attached hydrogen (secondary N) is 3. The fourth-order valence-electron chi connectivity index (χ4n) is 2.83. The van der Waals surface area contributed by atoms with Crippen molar-refractivity contribution < 1.29 is 19.8 Å². The highest BCUT2D eigenvalue weighted by molar-refractivity contribution is 6.31. The number of hydrogen-bond acceptors (Lipinski definition) is 7. The molecular formula is C19H19ClN6O4. The lowest BCUT2D eigenvalue weighted by Gasteiger charge is -2.22. The molecule has 10 nitrogen and oxygen atoms in total. The molecule has 0 spiro atoms. The minimum absolute atomic E-state index is 0.0619. The number of nitrogens with zero attached hydrogens (tertiary/aromatic N) is 3. The smallest absolute Gasteiger partial charge is 0.323 e. The van der Waals surface area contributed by atoms with Crippen molar-refractivity contribution in [1.82, 2.24) is 25.9 Å². The minimum Gasteiger partial charge on any atom is -0.480 e. The molecule has 3 aromatic rings. The molecule has 1 aromatic heterocycles. The molecule has 1 heterocycles. The van der Waals surface area contributed by atoms with Crippen LogP contribution in [0.3, 0.4) is 0 Å². The molecule has 0 aliphatic carbocycles. The molecule has 2 atom stereocenters. The Morgan fingerprint density at radius 3 is 2.47 bits per heavy atom. The van der Waals surface area contributed by atoms with Gasteiger partial charge >= 0.3 is 5.97 Å². The first kappa shape index (κ1) is 21.4. The number of aromatic amines is 1. The molecule has 3 rings (SSSR count). The summed E-state index contributed by atoms with van der Waals surface area (Å²) in [5.74, 6) is -1.95. The third-order valence-corrected chi connectivity index (χ3v) is 4.72. The van der Waals surface area contributed by atoms with Gasteiger partial charge in [0.05, 0.1) is 12.6 Å². The number of carboxylic acid groups (broad SMARTS) is 1. The maximum absolute atomic E-state index is 12.7. The molecular weight excluding hydrogens is 412 g/mol. The minimum atomic E-state index is -1.34. The highest BCUT2D eigenvalue weighted by Crippen LogP contribution is 2.26. The van der Waals surface area contributed by atoms with Gasteiger partial charge in [-0.1, -0.05) is 59.2 Å². The van der Waals surface area contributed by atoms with Crippen molar-refractivity contribution in [3.8, 4) is 11.1 Å². The summed E-state index contributed by atoms with van der Waals surface area (Å²) in [5.41, 5.74) is 2.52. The predicted octanol–water partition coefficient (Wildman–Crippen LogP) is 1.10. The lowest BCUT2D eigenvalue weighted by Crippen LogP contribution is -2.51. The van der Waals surface area contributed by atoms with Crippen LogP contribution in [0, 0.1) is 0 Å². The highest BCUT2D eigenvalue weighted by atomic mass is 35.5. The van der Waals surface area contributed by atoms with Gasteiger partial charge in [-0.2, -0.15) is 5.21 Å². The summed E-state index contributed by atoms with van der Waals surface area (Å²) in [6, 6.07) is 12.7. The van der Waals surface area contributed by atoms with Crippen molar-refractivity contribution in [2.24, 2.45) is 0 Å². The maximum atomic E-state index is 12.7. The maximum Gasteiger partial charge on any atom is 0.323 e. The Balaban J connectivity index is 1.82. The topological polar surface area (TPSA) is 153 Å². The summed E-state index contributed by atoms with van der Waals surface area (Å²) >= 11 is 6.44. The SMILES string of the molecule is O=C(O)[C@H](CO)N[C@@H](Cc1ccc(-c2ccccc2)cc1Cl)C(=O)Nc1nn[nH]n1. The number of anilines is 1. The van der Waals surface area contributed by atoms with Crippen molar-refractivity contribution in [2.45, 2.75) is 18.5 Å². The van der Waals surface area contributed by atoms with Gasteiger partial charge in [0.1, 0.15) is 6.04 Å². The number of aliphatic hydroxyl groups is 1. The first-order chi connectivity index (χ1) is 14.5. The van der Waals surface area contributed by atoms with E-state index in [2.05, 4.69) is 31.3 Å². The fraction of sp³-hybridized carbons (Fsp3) is 0.211. The summed E-state index contributed by atoms with van der Waals surface area (Å²) in [6.45, 7) is -0.692. The Hall–Kier alpha value is -3.34. The molecule has 2 aromatic carbocycles. The zero-order chi connectivity index (χ0) is 21.5.